The van der Waals surface area contributed by atoms with Crippen molar-refractivity contribution in [2.45, 2.75) is 6.17 Å². The fraction of sp³-hybridized carbons (Fsp3) is 0.667. The van der Waals surface area contributed by atoms with Crippen LogP contribution in [0.4, 0.5) is 4.79 Å². The van der Waals surface area contributed by atoms with E-state index in [0.717, 1.165) is 0 Å². The molecule has 1 aliphatic heterocycles. The fourth-order valence-corrected chi connectivity index (χ4v) is 0.965. The highest BCUT2D eigenvalue weighted by molar-refractivity contribution is 6.03. The summed E-state index contributed by atoms with van der Waals surface area (Å²) in [6, 6.07) is -0.525. The Hall–Kier alpha value is -1.18. The zero-order chi connectivity index (χ0) is 9.84. The van der Waals surface area contributed by atoms with Crippen molar-refractivity contribution in [3.63, 3.8) is 0 Å². The normalized spacial score (nSPS) is 21.9. The first-order chi connectivity index (χ1) is 6.15. The molecule has 7 heteroatoms. The van der Waals surface area contributed by atoms with Gasteiger partial charge in [-0.15, -0.1) is 0 Å². The zero-order valence-electron chi connectivity index (χ0n) is 7.24. The summed E-state index contributed by atoms with van der Waals surface area (Å²) in [5.74, 6) is 5.05. The number of hydrogen-bond donors (Lipinski definition) is 3. The van der Waals surface area contributed by atoms with Gasteiger partial charge in [-0.3, -0.25) is 16.0 Å². The van der Waals surface area contributed by atoms with Gasteiger partial charge < -0.3 is 10.1 Å². The molecule has 1 atom stereocenters. The summed E-state index contributed by atoms with van der Waals surface area (Å²) in [4.78, 5) is 21.7. The molecule has 0 bridgehead atoms. The molecule has 1 rings (SSSR count). The highest BCUT2D eigenvalue weighted by atomic mass is 16.5. The number of methoxy groups -OCH3 is 1. The zero-order valence-corrected chi connectivity index (χ0v) is 7.24. The number of hydrazine groups is 1. The number of amides is 3. The average molecular weight is 188 g/mol. The van der Waals surface area contributed by atoms with Crippen LogP contribution in [0.2, 0.25) is 0 Å². The average Bonchev–Trinajstić information content (AvgIpc) is 2.41. The second kappa shape index (κ2) is 4.17. The minimum atomic E-state index is -0.789. The maximum Gasteiger partial charge on any atom is 0.323 e. The van der Waals surface area contributed by atoms with Crippen LogP contribution in [0, 0.1) is 0 Å². The SMILES string of the molecule is COCCN(N)C1NC(=O)NC1=O. The molecular formula is C6H12N4O3. The fourth-order valence-electron chi connectivity index (χ4n) is 0.965. The lowest BCUT2D eigenvalue weighted by molar-refractivity contribution is -0.124. The first-order valence-corrected chi connectivity index (χ1v) is 3.77. The number of ether oxygens (including phenoxy) is 1. The number of nitrogens with one attached hydrogen (secondary N) is 2. The maximum atomic E-state index is 11.0. The Kier molecular flexibility index (Phi) is 3.18. The molecule has 1 fully saturated rings. The topological polar surface area (TPSA) is 96.7 Å². The van der Waals surface area contributed by atoms with E-state index in [2.05, 4.69) is 10.6 Å². The minimum Gasteiger partial charge on any atom is -0.383 e. The van der Waals surface area contributed by atoms with Gasteiger partial charge in [0.1, 0.15) is 0 Å². The molecule has 1 heterocycles. The van der Waals surface area contributed by atoms with Gasteiger partial charge in [-0.05, 0) is 0 Å². The van der Waals surface area contributed by atoms with E-state index in [9.17, 15) is 9.59 Å². The molecule has 0 aromatic carbocycles. The highest BCUT2D eigenvalue weighted by Gasteiger charge is 2.32. The first-order valence-electron chi connectivity index (χ1n) is 3.77. The van der Waals surface area contributed by atoms with Crippen LogP contribution in [-0.2, 0) is 9.53 Å². The van der Waals surface area contributed by atoms with Crippen molar-refractivity contribution in [1.82, 2.24) is 15.6 Å². The number of urea groups is 1. The van der Waals surface area contributed by atoms with Crippen molar-refractivity contribution in [1.29, 1.82) is 0 Å². The van der Waals surface area contributed by atoms with Gasteiger partial charge in [0.15, 0.2) is 6.17 Å². The molecule has 3 amide bonds. The van der Waals surface area contributed by atoms with Crippen LogP contribution in [0.1, 0.15) is 0 Å². The molecule has 0 saturated carbocycles. The summed E-state index contributed by atoms with van der Waals surface area (Å²) < 4.78 is 4.77. The lowest BCUT2D eigenvalue weighted by atomic mass is 10.4. The molecule has 1 aliphatic rings. The molecule has 0 radical (unpaired) electrons. The predicted octanol–water partition coefficient (Wildman–Crippen LogP) is -2.03. The number of hydrogen-bond acceptors (Lipinski definition) is 5. The van der Waals surface area contributed by atoms with E-state index in [1.165, 1.54) is 12.1 Å². The largest absolute Gasteiger partial charge is 0.383 e. The van der Waals surface area contributed by atoms with Crippen LogP contribution in [0.15, 0.2) is 0 Å². The molecule has 1 saturated heterocycles. The van der Waals surface area contributed by atoms with E-state index in [-0.39, 0.29) is 0 Å². The van der Waals surface area contributed by atoms with Crippen LogP contribution in [-0.4, -0.2) is 43.4 Å². The second-order valence-electron chi connectivity index (χ2n) is 2.60. The summed E-state index contributed by atoms with van der Waals surface area (Å²) in [5.41, 5.74) is 0. The van der Waals surface area contributed by atoms with Gasteiger partial charge in [-0.25, -0.2) is 9.80 Å². The summed E-state index contributed by atoms with van der Waals surface area (Å²) in [6.45, 7) is 0.769. The Morgan fingerprint density at radius 2 is 2.31 bits per heavy atom. The van der Waals surface area contributed by atoms with Crippen LogP contribution < -0.4 is 16.5 Å². The second-order valence-corrected chi connectivity index (χ2v) is 2.60. The minimum absolute atomic E-state index is 0.370. The predicted molar refractivity (Wildman–Crippen MR) is 43.2 cm³/mol. The van der Waals surface area contributed by atoms with E-state index >= 15 is 0 Å². The number of nitrogens with two attached hydrogens (primary N) is 1. The quantitative estimate of drug-likeness (QED) is 0.269. The van der Waals surface area contributed by atoms with Gasteiger partial charge in [0.25, 0.3) is 5.91 Å². The van der Waals surface area contributed by atoms with Crippen molar-refractivity contribution >= 4 is 11.9 Å². The lowest BCUT2D eigenvalue weighted by Crippen LogP contribution is -2.52. The number of carbonyl (C=O) groups excluding carboxylic acids is 2. The Morgan fingerprint density at radius 3 is 2.77 bits per heavy atom. The maximum absolute atomic E-state index is 11.0. The van der Waals surface area contributed by atoms with Gasteiger partial charge in [-0.1, -0.05) is 0 Å². The van der Waals surface area contributed by atoms with E-state index in [4.69, 9.17) is 10.6 Å². The molecule has 0 aromatic rings. The van der Waals surface area contributed by atoms with Crippen LogP contribution in [0.3, 0.4) is 0 Å². The number of carbonyl (C=O) groups is 2. The van der Waals surface area contributed by atoms with Crippen LogP contribution >= 0.6 is 0 Å². The Labute approximate surface area is 75.2 Å². The van der Waals surface area contributed by atoms with Gasteiger partial charge >= 0.3 is 6.03 Å². The third-order valence-corrected chi connectivity index (χ3v) is 1.64. The molecule has 0 spiro atoms. The van der Waals surface area contributed by atoms with Crippen molar-refractivity contribution < 1.29 is 14.3 Å². The van der Waals surface area contributed by atoms with Gasteiger partial charge in [0, 0.05) is 13.7 Å². The van der Waals surface area contributed by atoms with E-state index in [1.807, 2.05) is 0 Å². The monoisotopic (exact) mass is 188 g/mol. The summed E-state index contributed by atoms with van der Waals surface area (Å²) in [7, 11) is 1.53. The molecule has 0 aromatic heterocycles. The number of imide groups is 1. The summed E-state index contributed by atoms with van der Waals surface area (Å²) in [6.07, 6.45) is -0.789. The number of rotatable bonds is 4. The van der Waals surface area contributed by atoms with Crippen molar-refractivity contribution in [2.75, 3.05) is 20.3 Å². The summed E-state index contributed by atoms with van der Waals surface area (Å²) >= 11 is 0. The Morgan fingerprint density at radius 1 is 1.62 bits per heavy atom. The smallest absolute Gasteiger partial charge is 0.323 e. The summed E-state index contributed by atoms with van der Waals surface area (Å²) in [5, 5.41) is 5.64. The van der Waals surface area contributed by atoms with E-state index in [0.29, 0.717) is 13.2 Å². The van der Waals surface area contributed by atoms with Gasteiger partial charge in [0.2, 0.25) is 0 Å². The van der Waals surface area contributed by atoms with Crippen LogP contribution in [0.5, 0.6) is 0 Å². The van der Waals surface area contributed by atoms with E-state index in [1.54, 1.807) is 0 Å². The third-order valence-electron chi connectivity index (χ3n) is 1.64. The lowest BCUT2D eigenvalue weighted by Gasteiger charge is -2.20. The molecule has 0 aliphatic carbocycles. The van der Waals surface area contributed by atoms with Crippen molar-refractivity contribution in [3.05, 3.63) is 0 Å². The van der Waals surface area contributed by atoms with E-state index < -0.39 is 18.1 Å². The number of nitrogens with zero attached hydrogens (tertiary/aromatic N) is 1. The Balaban J connectivity index is 2.42. The molecule has 4 N–H and O–H groups in total. The first kappa shape index (κ1) is 9.90. The van der Waals surface area contributed by atoms with Gasteiger partial charge in [-0.2, -0.15) is 0 Å². The van der Waals surface area contributed by atoms with Crippen molar-refractivity contribution in [3.8, 4) is 0 Å². The molecule has 74 valence electrons. The van der Waals surface area contributed by atoms with Crippen molar-refractivity contribution in [2.24, 2.45) is 5.84 Å². The molecule has 1 unspecified atom stereocenters. The highest BCUT2D eigenvalue weighted by Crippen LogP contribution is 1.95. The Bertz CT molecular complexity index is 220. The van der Waals surface area contributed by atoms with Crippen LogP contribution in [0.25, 0.3) is 0 Å². The van der Waals surface area contributed by atoms with Gasteiger partial charge in [0.05, 0.1) is 6.61 Å². The molecule has 13 heavy (non-hydrogen) atoms. The molecular weight excluding hydrogens is 176 g/mol. The molecule has 7 nitrogen and oxygen atoms in total. The standard InChI is InChI=1S/C6H12N4O3/c1-13-3-2-10(7)4-5(11)9-6(12)8-4/h4H,2-3,7H2,1H3,(H2,8,9,11,12). The third kappa shape index (κ3) is 2.38.